The molecule has 0 saturated heterocycles. The standard InChI is InChI=1S/C7H4BrFIN2P.C2H6/c8-5-1-2-6-4(7(5)9)3-11-12(6)13-10;1-2/h1-3,13H;1-2H3. The van der Waals surface area contributed by atoms with Crippen molar-refractivity contribution < 1.29 is 4.39 Å². The molecule has 0 spiro atoms. The number of halogens is 3. The minimum Gasteiger partial charge on any atom is -0.237 e. The van der Waals surface area contributed by atoms with Crippen molar-refractivity contribution in [2.24, 2.45) is 0 Å². The summed E-state index contributed by atoms with van der Waals surface area (Å²) in [4.78, 5) is 0. The Bertz CT molecular complexity index is 461. The van der Waals surface area contributed by atoms with E-state index >= 15 is 0 Å². The number of hydrogen-bond donors (Lipinski definition) is 0. The third-order valence-corrected chi connectivity index (χ3v) is 4.22. The van der Waals surface area contributed by atoms with Gasteiger partial charge in [-0.15, -0.1) is 0 Å². The van der Waals surface area contributed by atoms with Crippen molar-refractivity contribution in [1.82, 2.24) is 9.55 Å². The molecule has 0 saturated carbocycles. The van der Waals surface area contributed by atoms with Crippen LogP contribution in [0.15, 0.2) is 22.8 Å². The van der Waals surface area contributed by atoms with Crippen molar-refractivity contribution >= 4 is 55.2 Å². The Morgan fingerprint density at radius 2 is 2.13 bits per heavy atom. The third-order valence-electron chi connectivity index (χ3n) is 1.72. The number of nitrogens with zero attached hydrogens (tertiary/aromatic N) is 2. The van der Waals surface area contributed by atoms with Crippen molar-refractivity contribution in [1.29, 1.82) is 0 Å². The fraction of sp³-hybridized carbons (Fsp3) is 0.222. The highest BCUT2D eigenvalue weighted by molar-refractivity contribution is 14.2. The second-order valence-electron chi connectivity index (χ2n) is 2.44. The van der Waals surface area contributed by atoms with Gasteiger partial charge in [0, 0.05) is 0 Å². The molecule has 82 valence electrons. The Balaban J connectivity index is 0.000000531. The SMILES string of the molecule is CC.Fc1c(Br)ccc2c1cnn2PI. The van der Waals surface area contributed by atoms with E-state index < -0.39 is 0 Å². The molecule has 0 bridgehead atoms. The fourth-order valence-electron chi connectivity index (χ4n) is 1.11. The lowest BCUT2D eigenvalue weighted by Gasteiger charge is -1.98. The van der Waals surface area contributed by atoms with Gasteiger partial charge < -0.3 is 0 Å². The summed E-state index contributed by atoms with van der Waals surface area (Å²) in [6, 6.07) is 3.56. The minimum atomic E-state index is -0.238. The van der Waals surface area contributed by atoms with Crippen LogP contribution < -0.4 is 0 Å². The van der Waals surface area contributed by atoms with E-state index in [2.05, 4.69) is 43.1 Å². The Hall–Kier alpha value is 0.260. The minimum absolute atomic E-state index is 0.238. The monoisotopic (exact) mass is 402 g/mol. The third kappa shape index (κ3) is 2.68. The lowest BCUT2D eigenvalue weighted by molar-refractivity contribution is 0.633. The van der Waals surface area contributed by atoms with Crippen LogP contribution in [-0.4, -0.2) is 9.55 Å². The normalized spacial score (nSPS) is 10.7. The Morgan fingerprint density at radius 3 is 2.73 bits per heavy atom. The maximum atomic E-state index is 13.4. The fourth-order valence-corrected chi connectivity index (χ4v) is 3.00. The van der Waals surface area contributed by atoms with E-state index in [4.69, 9.17) is 0 Å². The van der Waals surface area contributed by atoms with Crippen LogP contribution >= 0.6 is 44.3 Å². The first-order valence-corrected chi connectivity index (χ1v) is 9.28. The lowest BCUT2D eigenvalue weighted by atomic mass is 10.2. The molecular formula is C9H10BrFIN2P. The Morgan fingerprint density at radius 1 is 1.47 bits per heavy atom. The second-order valence-corrected chi connectivity index (χ2v) is 5.33. The largest absolute Gasteiger partial charge is 0.237 e. The van der Waals surface area contributed by atoms with Crippen molar-refractivity contribution in [3.05, 3.63) is 28.6 Å². The molecule has 1 atom stereocenters. The molecule has 6 heteroatoms. The summed E-state index contributed by atoms with van der Waals surface area (Å²) in [5.41, 5.74) is 0.841. The van der Waals surface area contributed by atoms with E-state index in [1.807, 2.05) is 19.9 Å². The maximum Gasteiger partial charge on any atom is 0.148 e. The van der Waals surface area contributed by atoms with Crippen LogP contribution in [-0.2, 0) is 0 Å². The molecular weight excluding hydrogens is 393 g/mol. The molecule has 1 aromatic carbocycles. The van der Waals surface area contributed by atoms with E-state index in [0.29, 0.717) is 16.2 Å². The number of benzene rings is 1. The van der Waals surface area contributed by atoms with Gasteiger partial charge in [0.05, 0.1) is 27.9 Å². The van der Waals surface area contributed by atoms with Gasteiger partial charge in [0.25, 0.3) is 0 Å². The maximum absolute atomic E-state index is 13.4. The summed E-state index contributed by atoms with van der Waals surface area (Å²) in [6.45, 7) is 4.00. The van der Waals surface area contributed by atoms with E-state index in [1.54, 1.807) is 16.7 Å². The second kappa shape index (κ2) is 6.11. The van der Waals surface area contributed by atoms with Gasteiger partial charge in [-0.1, -0.05) is 13.8 Å². The van der Waals surface area contributed by atoms with E-state index in [-0.39, 0.29) is 5.82 Å². The molecule has 15 heavy (non-hydrogen) atoms. The van der Waals surface area contributed by atoms with Crippen LogP contribution in [0.2, 0.25) is 0 Å². The Kier molecular flexibility index (Phi) is 5.43. The van der Waals surface area contributed by atoms with E-state index in [9.17, 15) is 4.39 Å². The van der Waals surface area contributed by atoms with Crippen LogP contribution in [0, 0.1) is 5.82 Å². The van der Waals surface area contributed by atoms with Crippen molar-refractivity contribution in [2.75, 3.05) is 0 Å². The van der Waals surface area contributed by atoms with Gasteiger partial charge >= 0.3 is 0 Å². The summed E-state index contributed by atoms with van der Waals surface area (Å²) in [6.07, 6.45) is 2.05. The quantitative estimate of drug-likeness (QED) is 0.497. The zero-order chi connectivity index (χ0) is 11.4. The van der Waals surface area contributed by atoms with Crippen LogP contribution in [0.25, 0.3) is 10.9 Å². The van der Waals surface area contributed by atoms with Crippen molar-refractivity contribution in [3.63, 3.8) is 0 Å². The zero-order valence-electron chi connectivity index (χ0n) is 8.26. The van der Waals surface area contributed by atoms with Gasteiger partial charge in [0.1, 0.15) is 5.82 Å². The molecule has 1 unspecified atom stereocenters. The molecule has 2 aromatic rings. The molecule has 0 N–H and O–H groups in total. The first-order chi connectivity index (χ1) is 7.24. The van der Waals surface area contributed by atoms with Gasteiger partial charge in [-0.05, 0) is 50.1 Å². The number of fused-ring (bicyclic) bond motifs is 1. The molecule has 2 nitrogen and oxygen atoms in total. The molecule has 2 rings (SSSR count). The van der Waals surface area contributed by atoms with Gasteiger partial charge in [0.2, 0.25) is 0 Å². The zero-order valence-corrected chi connectivity index (χ0v) is 13.0. The van der Waals surface area contributed by atoms with E-state index in [1.165, 1.54) is 0 Å². The predicted octanol–water partition coefficient (Wildman–Crippen LogP) is 4.76. The predicted molar refractivity (Wildman–Crippen MR) is 76.5 cm³/mol. The van der Waals surface area contributed by atoms with Crippen LogP contribution in [0.4, 0.5) is 4.39 Å². The number of hydrogen-bond acceptors (Lipinski definition) is 1. The van der Waals surface area contributed by atoms with Gasteiger partial charge in [-0.3, -0.25) is 0 Å². The molecule has 0 aliphatic rings. The van der Waals surface area contributed by atoms with Crippen molar-refractivity contribution in [3.8, 4) is 0 Å². The molecule has 0 aliphatic heterocycles. The summed E-state index contributed by atoms with van der Waals surface area (Å²) < 4.78 is 15.7. The highest BCUT2D eigenvalue weighted by atomic mass is 127. The van der Waals surface area contributed by atoms with Gasteiger partial charge in [-0.2, -0.15) is 5.10 Å². The van der Waals surface area contributed by atoms with Crippen LogP contribution in [0.3, 0.4) is 0 Å². The average molecular weight is 403 g/mol. The molecule has 0 fully saturated rings. The average Bonchev–Trinajstić information content (AvgIpc) is 2.70. The van der Waals surface area contributed by atoms with Gasteiger partial charge in [0.15, 0.2) is 0 Å². The topological polar surface area (TPSA) is 17.8 Å². The molecule has 1 heterocycles. The summed E-state index contributed by atoms with van der Waals surface area (Å²) >= 11 is 5.35. The first-order valence-electron chi connectivity index (χ1n) is 4.42. The molecule has 0 amide bonds. The summed E-state index contributed by atoms with van der Waals surface area (Å²) in [5, 5.41) is 4.64. The highest BCUT2D eigenvalue weighted by Gasteiger charge is 2.08. The van der Waals surface area contributed by atoms with Crippen LogP contribution in [0.5, 0.6) is 0 Å². The van der Waals surface area contributed by atoms with Crippen LogP contribution in [0.1, 0.15) is 13.8 Å². The lowest BCUT2D eigenvalue weighted by Crippen LogP contribution is -1.83. The van der Waals surface area contributed by atoms with Crippen molar-refractivity contribution in [2.45, 2.75) is 13.8 Å². The highest BCUT2D eigenvalue weighted by Crippen LogP contribution is 2.31. The smallest absolute Gasteiger partial charge is 0.148 e. The molecule has 0 aliphatic carbocycles. The first kappa shape index (κ1) is 13.3. The number of aromatic nitrogens is 2. The Labute approximate surface area is 111 Å². The molecule has 0 radical (unpaired) electrons. The molecule has 1 aromatic heterocycles. The number of rotatable bonds is 1. The summed E-state index contributed by atoms with van der Waals surface area (Å²) in [7, 11) is 0. The summed E-state index contributed by atoms with van der Waals surface area (Å²) in [5.74, 6) is -0.238. The van der Waals surface area contributed by atoms with E-state index in [0.717, 1.165) is 5.52 Å². The van der Waals surface area contributed by atoms with Gasteiger partial charge in [-0.25, -0.2) is 8.84 Å².